The highest BCUT2D eigenvalue weighted by molar-refractivity contribution is 5.76. The zero-order valence-corrected chi connectivity index (χ0v) is 46.3. The Morgan fingerprint density at radius 3 is 1.48 bits per heavy atom. The first-order chi connectivity index (χ1) is 35.7. The largest absolute Gasteiger partial charge is 0.466 e. The second-order valence-electron chi connectivity index (χ2n) is 20.3. The number of carbonyl (C=O) groups is 2. The number of allylic oxidation sites excluding steroid dienone is 11. The second kappa shape index (κ2) is 51.2. The highest BCUT2D eigenvalue weighted by Gasteiger charge is 2.44. The summed E-state index contributed by atoms with van der Waals surface area (Å²) >= 11 is 0. The van der Waals surface area contributed by atoms with Crippen molar-refractivity contribution in [2.24, 2.45) is 0 Å². The van der Waals surface area contributed by atoms with Crippen LogP contribution in [0.2, 0.25) is 0 Å². The smallest absolute Gasteiger partial charge is 0.305 e. The summed E-state index contributed by atoms with van der Waals surface area (Å²) in [7, 11) is 0. The fourth-order valence-corrected chi connectivity index (χ4v) is 8.73. The van der Waals surface area contributed by atoms with E-state index in [1.54, 1.807) is 6.08 Å². The van der Waals surface area contributed by atoms with Gasteiger partial charge in [0, 0.05) is 12.8 Å². The first-order valence-corrected chi connectivity index (χ1v) is 29.7. The summed E-state index contributed by atoms with van der Waals surface area (Å²) in [6.45, 7) is 4.21. The van der Waals surface area contributed by atoms with Crippen LogP contribution < -0.4 is 5.32 Å². The van der Waals surface area contributed by atoms with Crippen molar-refractivity contribution >= 4 is 11.9 Å². The third kappa shape index (κ3) is 41.0. The summed E-state index contributed by atoms with van der Waals surface area (Å²) < 4.78 is 16.7. The molecule has 1 aliphatic rings. The van der Waals surface area contributed by atoms with Gasteiger partial charge in [0.2, 0.25) is 5.91 Å². The van der Waals surface area contributed by atoms with Crippen molar-refractivity contribution in [3.63, 3.8) is 0 Å². The fraction of sp³-hybridized carbons (Fsp3) is 0.774. The predicted octanol–water partition coefficient (Wildman–Crippen LogP) is 13.6. The third-order valence-electron chi connectivity index (χ3n) is 13.5. The highest BCUT2D eigenvalue weighted by atomic mass is 16.7. The predicted molar refractivity (Wildman–Crippen MR) is 301 cm³/mol. The van der Waals surface area contributed by atoms with Crippen molar-refractivity contribution in [3.8, 4) is 0 Å². The number of nitrogens with one attached hydrogen (secondary N) is 1. The van der Waals surface area contributed by atoms with Gasteiger partial charge in [-0.25, -0.2) is 0 Å². The number of aliphatic hydroxyl groups excluding tert-OH is 5. The summed E-state index contributed by atoms with van der Waals surface area (Å²) in [6, 6.07) is -0.842. The Balaban J connectivity index is 2.16. The molecule has 11 nitrogen and oxygen atoms in total. The Hall–Kier alpha value is -2.90. The van der Waals surface area contributed by atoms with E-state index in [0.29, 0.717) is 19.4 Å². The van der Waals surface area contributed by atoms with Crippen LogP contribution in [-0.2, 0) is 23.8 Å². The van der Waals surface area contributed by atoms with Gasteiger partial charge < -0.3 is 45.1 Å². The summed E-state index contributed by atoms with van der Waals surface area (Å²) in [5, 5.41) is 54.4. The second-order valence-corrected chi connectivity index (χ2v) is 20.3. The minimum Gasteiger partial charge on any atom is -0.466 e. The highest BCUT2D eigenvalue weighted by Crippen LogP contribution is 2.23. The maximum absolute atomic E-state index is 13.0. The number of ether oxygens (including phenoxy) is 3. The fourth-order valence-electron chi connectivity index (χ4n) is 8.73. The van der Waals surface area contributed by atoms with Crippen LogP contribution in [0.4, 0.5) is 0 Å². The number of carbonyl (C=O) groups excluding carboxylic acids is 2. The molecule has 0 aromatic rings. The van der Waals surface area contributed by atoms with Crippen molar-refractivity contribution in [2.75, 3.05) is 19.8 Å². The monoisotopic (exact) mass is 1030 g/mol. The summed E-state index contributed by atoms with van der Waals surface area (Å²) in [5.41, 5.74) is 0. The van der Waals surface area contributed by atoms with Gasteiger partial charge in [0.25, 0.3) is 0 Å². The van der Waals surface area contributed by atoms with E-state index in [4.69, 9.17) is 14.2 Å². The minimum atomic E-state index is -1.58. The zero-order chi connectivity index (χ0) is 53.1. The van der Waals surface area contributed by atoms with E-state index in [9.17, 15) is 35.1 Å². The average molecular weight is 1030 g/mol. The Bertz CT molecular complexity index is 1440. The van der Waals surface area contributed by atoms with Gasteiger partial charge in [-0.15, -0.1) is 0 Å². The molecular weight excluding hydrogens is 919 g/mol. The molecule has 0 aliphatic carbocycles. The van der Waals surface area contributed by atoms with Gasteiger partial charge in [0.1, 0.15) is 24.4 Å². The van der Waals surface area contributed by atoms with Crippen molar-refractivity contribution in [1.29, 1.82) is 0 Å². The van der Waals surface area contributed by atoms with Gasteiger partial charge in [-0.3, -0.25) is 9.59 Å². The van der Waals surface area contributed by atoms with Crippen molar-refractivity contribution in [1.82, 2.24) is 5.32 Å². The molecule has 1 aliphatic heterocycles. The third-order valence-corrected chi connectivity index (χ3v) is 13.5. The van der Waals surface area contributed by atoms with Crippen LogP contribution in [0.3, 0.4) is 0 Å². The summed E-state index contributed by atoms with van der Waals surface area (Å²) in [6.07, 6.45) is 57.0. The maximum atomic E-state index is 13.0. The van der Waals surface area contributed by atoms with Gasteiger partial charge in [0.05, 0.1) is 32.0 Å². The number of rotatable bonds is 50. The molecule has 7 atom stereocenters. The molecule has 422 valence electrons. The minimum absolute atomic E-state index is 0.0487. The number of esters is 1. The quantitative estimate of drug-likeness (QED) is 0.0195. The van der Waals surface area contributed by atoms with E-state index in [2.05, 4.69) is 79.9 Å². The first-order valence-electron chi connectivity index (χ1n) is 29.7. The molecule has 1 amide bonds. The Labute approximate surface area is 445 Å². The topological polar surface area (TPSA) is 175 Å². The van der Waals surface area contributed by atoms with Gasteiger partial charge in [0.15, 0.2) is 6.29 Å². The molecular formula is C62H109NO10. The van der Waals surface area contributed by atoms with Gasteiger partial charge in [-0.1, -0.05) is 196 Å². The van der Waals surface area contributed by atoms with Crippen LogP contribution in [0.5, 0.6) is 0 Å². The van der Waals surface area contributed by atoms with Crippen LogP contribution in [0.1, 0.15) is 245 Å². The number of aliphatic hydroxyl groups is 5. The van der Waals surface area contributed by atoms with E-state index in [0.717, 1.165) is 109 Å². The summed E-state index contributed by atoms with van der Waals surface area (Å²) in [4.78, 5) is 25.1. The van der Waals surface area contributed by atoms with Crippen LogP contribution in [0.25, 0.3) is 0 Å². The van der Waals surface area contributed by atoms with Crippen LogP contribution in [-0.4, -0.2) is 100 Å². The standard InChI is InChI=1S/C62H109NO10/c1-3-5-7-9-11-13-15-17-24-28-32-36-40-44-48-55(65)54(53-72-62-61(70)60(69)59(68)56(52-64)73-62)63-57(66)49-45-41-37-33-29-25-22-20-19-21-23-27-31-35-39-43-47-51-71-58(67)50-46-42-38-34-30-26-18-16-14-12-10-8-6-4-2/h10,12,16,18-19,21,27-28,31-32,44,48,54-56,59-62,64-65,68-70H,3-9,11,13-15,17,20,22-26,29-30,33-43,45-47,49-53H2,1-2H3,(H,63,66)/b12-10-,18-16-,21-19-,31-27-,32-28+,48-44+. The normalized spacial score (nSPS) is 19.5. The van der Waals surface area contributed by atoms with E-state index < -0.39 is 49.5 Å². The molecule has 1 fully saturated rings. The van der Waals surface area contributed by atoms with E-state index in [1.807, 2.05) is 6.08 Å². The van der Waals surface area contributed by atoms with Gasteiger partial charge in [-0.05, 0) is 109 Å². The van der Waals surface area contributed by atoms with Crippen LogP contribution in [0.15, 0.2) is 72.9 Å². The van der Waals surface area contributed by atoms with Crippen molar-refractivity contribution in [2.45, 2.75) is 288 Å². The lowest BCUT2D eigenvalue weighted by Gasteiger charge is -2.40. The number of hydrogen-bond donors (Lipinski definition) is 6. The molecule has 0 aromatic heterocycles. The van der Waals surface area contributed by atoms with Crippen molar-refractivity contribution < 1.29 is 49.3 Å². The van der Waals surface area contributed by atoms with E-state index in [1.165, 1.54) is 109 Å². The molecule has 1 heterocycles. The van der Waals surface area contributed by atoms with Crippen LogP contribution >= 0.6 is 0 Å². The lowest BCUT2D eigenvalue weighted by Crippen LogP contribution is -2.60. The molecule has 11 heteroatoms. The maximum Gasteiger partial charge on any atom is 0.305 e. The van der Waals surface area contributed by atoms with E-state index in [-0.39, 0.29) is 18.5 Å². The molecule has 0 spiro atoms. The number of hydrogen-bond acceptors (Lipinski definition) is 10. The molecule has 6 N–H and O–H groups in total. The first kappa shape index (κ1) is 68.1. The molecule has 0 aromatic carbocycles. The Kier molecular flexibility index (Phi) is 47.8. The number of unbranched alkanes of at least 4 members (excludes halogenated alkanes) is 26. The molecule has 73 heavy (non-hydrogen) atoms. The zero-order valence-electron chi connectivity index (χ0n) is 46.3. The molecule has 1 rings (SSSR count). The molecule has 0 saturated carbocycles. The molecule has 1 saturated heterocycles. The number of amides is 1. The Morgan fingerprint density at radius 1 is 0.507 bits per heavy atom. The SMILES string of the molecule is CCCC/C=C\C/C=C\CCCCCCCC(=O)OCCCCC/C=C\C/C=C\CCCCCCCCCC(=O)NC(COC1OC(CO)C(O)C(O)C1O)C(O)/C=C/CC/C=C/CCCCCCCCCC. The van der Waals surface area contributed by atoms with Crippen LogP contribution in [0, 0.1) is 0 Å². The molecule has 0 radical (unpaired) electrons. The lowest BCUT2D eigenvalue weighted by molar-refractivity contribution is -0.302. The molecule has 7 unspecified atom stereocenters. The Morgan fingerprint density at radius 2 is 0.945 bits per heavy atom. The summed E-state index contributed by atoms with van der Waals surface area (Å²) in [5.74, 6) is -0.259. The van der Waals surface area contributed by atoms with Gasteiger partial charge >= 0.3 is 5.97 Å². The average Bonchev–Trinajstić information content (AvgIpc) is 3.39. The lowest BCUT2D eigenvalue weighted by atomic mass is 9.99. The van der Waals surface area contributed by atoms with E-state index >= 15 is 0 Å². The molecule has 0 bridgehead atoms. The van der Waals surface area contributed by atoms with Crippen molar-refractivity contribution in [3.05, 3.63) is 72.9 Å². The van der Waals surface area contributed by atoms with Gasteiger partial charge in [-0.2, -0.15) is 0 Å².